The van der Waals surface area contributed by atoms with Gasteiger partial charge in [0.2, 0.25) is 0 Å². The Hall–Kier alpha value is -1.07. The van der Waals surface area contributed by atoms with Crippen LogP contribution in [0, 0.1) is 0 Å². The maximum atomic E-state index is 11.7. The second-order valence-electron chi connectivity index (χ2n) is 4.08. The van der Waals surface area contributed by atoms with Crippen LogP contribution in [-0.2, 0) is 4.74 Å². The lowest BCUT2D eigenvalue weighted by atomic mass is 10.1. The first kappa shape index (κ1) is 14.9. The lowest BCUT2D eigenvalue weighted by Gasteiger charge is -2.26. The van der Waals surface area contributed by atoms with E-state index < -0.39 is 5.60 Å². The van der Waals surface area contributed by atoms with E-state index in [2.05, 4.69) is 11.9 Å². The topological polar surface area (TPSA) is 61.8 Å². The summed E-state index contributed by atoms with van der Waals surface area (Å²) >= 11 is 0. The molecule has 0 heterocycles. The molecule has 5 nitrogen and oxygen atoms in total. The van der Waals surface area contributed by atoms with Crippen molar-refractivity contribution in [1.29, 1.82) is 0 Å². The van der Waals surface area contributed by atoms with Crippen LogP contribution in [0.2, 0.25) is 0 Å². The molecule has 0 atom stereocenters. The number of rotatable bonds is 7. The number of ether oxygens (including phenoxy) is 1. The summed E-state index contributed by atoms with van der Waals surface area (Å²) in [4.78, 5) is 13.2. The quantitative estimate of drug-likeness (QED) is 0.630. The van der Waals surface area contributed by atoms with Gasteiger partial charge in [-0.2, -0.15) is 0 Å². The van der Waals surface area contributed by atoms with Crippen molar-refractivity contribution in [2.24, 2.45) is 0 Å². The Morgan fingerprint density at radius 2 is 2.25 bits per heavy atom. The van der Waals surface area contributed by atoms with Gasteiger partial charge in [-0.05, 0) is 13.8 Å². The van der Waals surface area contributed by atoms with Crippen LogP contribution >= 0.6 is 0 Å². The summed E-state index contributed by atoms with van der Waals surface area (Å²) in [5, 5.41) is 11.6. The summed E-state index contributed by atoms with van der Waals surface area (Å²) in [5.74, 6) is 0. The summed E-state index contributed by atoms with van der Waals surface area (Å²) in [7, 11) is 1.60. The molecule has 0 unspecified atom stereocenters. The zero-order chi connectivity index (χ0) is 12.6. The van der Waals surface area contributed by atoms with Crippen LogP contribution in [0.15, 0.2) is 12.7 Å². The number of methoxy groups -OCH3 is 1. The molecule has 16 heavy (non-hydrogen) atoms. The minimum atomic E-state index is -0.394. The summed E-state index contributed by atoms with van der Waals surface area (Å²) in [5.41, 5.74) is -0.394. The highest BCUT2D eigenvalue weighted by Crippen LogP contribution is 2.05. The molecule has 0 aromatic carbocycles. The molecule has 2 amide bonds. The summed E-state index contributed by atoms with van der Waals surface area (Å²) in [6.07, 6.45) is 1.62. The molecule has 0 rings (SSSR count). The van der Waals surface area contributed by atoms with E-state index >= 15 is 0 Å². The van der Waals surface area contributed by atoms with E-state index in [0.717, 1.165) is 0 Å². The summed E-state index contributed by atoms with van der Waals surface area (Å²) in [6.45, 7) is 8.41. The van der Waals surface area contributed by atoms with E-state index in [1.54, 1.807) is 13.2 Å². The maximum absolute atomic E-state index is 11.7. The minimum Gasteiger partial charge on any atom is -0.395 e. The predicted molar refractivity (Wildman–Crippen MR) is 63.3 cm³/mol. The van der Waals surface area contributed by atoms with Crippen LogP contribution in [-0.4, -0.2) is 55.0 Å². The van der Waals surface area contributed by atoms with Gasteiger partial charge in [-0.15, -0.1) is 6.58 Å². The second-order valence-corrected chi connectivity index (χ2v) is 4.08. The van der Waals surface area contributed by atoms with Gasteiger partial charge in [-0.1, -0.05) is 6.08 Å². The Morgan fingerprint density at radius 1 is 1.62 bits per heavy atom. The van der Waals surface area contributed by atoms with Crippen LogP contribution < -0.4 is 5.32 Å². The normalized spacial score (nSPS) is 11.0. The molecule has 0 spiro atoms. The number of carbonyl (C=O) groups is 1. The van der Waals surface area contributed by atoms with Crippen LogP contribution in [0.5, 0.6) is 0 Å². The number of nitrogens with zero attached hydrogens (tertiary/aromatic N) is 1. The Kier molecular flexibility index (Phi) is 6.76. The second kappa shape index (κ2) is 7.24. The zero-order valence-electron chi connectivity index (χ0n) is 10.3. The van der Waals surface area contributed by atoms with E-state index in [1.165, 1.54) is 4.90 Å². The van der Waals surface area contributed by atoms with Crippen molar-refractivity contribution < 1.29 is 14.6 Å². The number of nitrogens with one attached hydrogen (secondary N) is 1. The largest absolute Gasteiger partial charge is 0.395 e. The minimum absolute atomic E-state index is 0.0606. The molecule has 0 bridgehead atoms. The van der Waals surface area contributed by atoms with E-state index in [-0.39, 0.29) is 12.6 Å². The molecule has 0 saturated carbocycles. The van der Waals surface area contributed by atoms with Gasteiger partial charge in [0.25, 0.3) is 0 Å². The van der Waals surface area contributed by atoms with Gasteiger partial charge in [-0.3, -0.25) is 0 Å². The van der Waals surface area contributed by atoms with Crippen molar-refractivity contribution in [3.05, 3.63) is 12.7 Å². The fourth-order valence-corrected chi connectivity index (χ4v) is 1.02. The predicted octanol–water partition coefficient (Wildman–Crippen LogP) is 0.601. The van der Waals surface area contributed by atoms with E-state index in [9.17, 15) is 4.79 Å². The third kappa shape index (κ3) is 5.72. The Morgan fingerprint density at radius 3 is 2.69 bits per heavy atom. The van der Waals surface area contributed by atoms with Crippen LogP contribution in [0.4, 0.5) is 4.79 Å². The molecule has 0 aliphatic heterocycles. The first-order chi connectivity index (χ1) is 7.46. The highest BCUT2D eigenvalue weighted by molar-refractivity contribution is 5.74. The van der Waals surface area contributed by atoms with Gasteiger partial charge in [0.1, 0.15) is 0 Å². The third-order valence-electron chi connectivity index (χ3n) is 2.22. The monoisotopic (exact) mass is 230 g/mol. The van der Waals surface area contributed by atoms with Crippen molar-refractivity contribution >= 4 is 6.03 Å². The summed E-state index contributed by atoms with van der Waals surface area (Å²) < 4.78 is 5.18. The fourth-order valence-electron chi connectivity index (χ4n) is 1.02. The van der Waals surface area contributed by atoms with E-state index in [4.69, 9.17) is 9.84 Å². The van der Waals surface area contributed by atoms with Gasteiger partial charge in [0.15, 0.2) is 0 Å². The Labute approximate surface area is 97.1 Å². The van der Waals surface area contributed by atoms with Crippen LogP contribution in [0.1, 0.15) is 13.8 Å². The molecule has 0 aromatic rings. The van der Waals surface area contributed by atoms with Crippen molar-refractivity contribution in [3.8, 4) is 0 Å². The smallest absolute Gasteiger partial charge is 0.317 e. The molecule has 5 heteroatoms. The van der Waals surface area contributed by atoms with Gasteiger partial charge in [0, 0.05) is 26.7 Å². The average Bonchev–Trinajstić information content (AvgIpc) is 2.26. The standard InChI is InChI=1S/C11H22N2O3/c1-5-6-13(7-8-14)10(15)12-9-11(2,3)16-4/h5,14H,1,6-9H2,2-4H3,(H,12,15). The Balaban J connectivity index is 4.14. The summed E-state index contributed by atoms with van der Waals surface area (Å²) in [6, 6.07) is -0.223. The molecule has 0 aliphatic rings. The number of hydrogen-bond acceptors (Lipinski definition) is 3. The average molecular weight is 230 g/mol. The maximum Gasteiger partial charge on any atom is 0.317 e. The van der Waals surface area contributed by atoms with Crippen molar-refractivity contribution in [2.75, 3.05) is 33.4 Å². The van der Waals surface area contributed by atoms with Crippen molar-refractivity contribution in [1.82, 2.24) is 10.2 Å². The molecule has 94 valence electrons. The van der Waals surface area contributed by atoms with Gasteiger partial charge >= 0.3 is 6.03 Å². The van der Waals surface area contributed by atoms with Gasteiger partial charge in [0.05, 0.1) is 12.2 Å². The first-order valence-electron chi connectivity index (χ1n) is 5.26. The number of aliphatic hydroxyl groups excluding tert-OH is 1. The van der Waals surface area contributed by atoms with Crippen LogP contribution in [0.3, 0.4) is 0 Å². The van der Waals surface area contributed by atoms with Crippen molar-refractivity contribution in [3.63, 3.8) is 0 Å². The molecule has 2 N–H and O–H groups in total. The van der Waals surface area contributed by atoms with Gasteiger partial charge < -0.3 is 20.1 Å². The van der Waals surface area contributed by atoms with Crippen molar-refractivity contribution in [2.45, 2.75) is 19.4 Å². The molecule has 0 fully saturated rings. The number of aliphatic hydroxyl groups is 1. The number of urea groups is 1. The fraction of sp³-hybridized carbons (Fsp3) is 0.727. The lowest BCUT2D eigenvalue weighted by Crippen LogP contribution is -2.47. The highest BCUT2D eigenvalue weighted by atomic mass is 16.5. The highest BCUT2D eigenvalue weighted by Gasteiger charge is 2.19. The molecule has 0 saturated heterocycles. The van der Waals surface area contributed by atoms with E-state index in [1.807, 2.05) is 13.8 Å². The van der Waals surface area contributed by atoms with E-state index in [0.29, 0.717) is 19.6 Å². The third-order valence-corrected chi connectivity index (χ3v) is 2.22. The lowest BCUT2D eigenvalue weighted by molar-refractivity contribution is 0.0243. The molecule has 0 radical (unpaired) electrons. The number of carbonyl (C=O) groups excluding carboxylic acids is 1. The first-order valence-corrected chi connectivity index (χ1v) is 5.26. The van der Waals surface area contributed by atoms with Crippen LogP contribution in [0.25, 0.3) is 0 Å². The van der Waals surface area contributed by atoms with Gasteiger partial charge in [-0.25, -0.2) is 4.79 Å². The number of amides is 2. The zero-order valence-corrected chi connectivity index (χ0v) is 10.3. The SMILES string of the molecule is C=CCN(CCO)C(=O)NCC(C)(C)OC. The molecular formula is C11H22N2O3. The molecule has 0 aromatic heterocycles. The molecule has 0 aliphatic carbocycles. The number of hydrogen-bond donors (Lipinski definition) is 2. The molecular weight excluding hydrogens is 208 g/mol. The Bertz CT molecular complexity index is 229.